The lowest BCUT2D eigenvalue weighted by molar-refractivity contribution is -0.137. The Balaban J connectivity index is 1.51. The number of hydrogen-bond donors (Lipinski definition) is 1. The van der Waals surface area contributed by atoms with E-state index in [4.69, 9.17) is 4.98 Å². The average molecular weight is 423 g/mol. The monoisotopic (exact) mass is 422 g/mol. The number of carbonyl (C=O) groups is 1. The molecule has 0 bridgehead atoms. The van der Waals surface area contributed by atoms with Crippen molar-refractivity contribution in [2.75, 3.05) is 25.9 Å². The van der Waals surface area contributed by atoms with Gasteiger partial charge in [0.1, 0.15) is 5.82 Å². The molecule has 2 aliphatic heterocycles. The predicted octanol–water partition coefficient (Wildman–Crippen LogP) is 1.37. The lowest BCUT2D eigenvalue weighted by Crippen LogP contribution is -2.44. The molecule has 160 valence electrons. The van der Waals surface area contributed by atoms with Crippen molar-refractivity contribution < 1.29 is 13.2 Å². The van der Waals surface area contributed by atoms with E-state index < -0.39 is 10.0 Å². The van der Waals surface area contributed by atoms with E-state index in [2.05, 4.69) is 4.98 Å². The number of aromatic amines is 1. The molecule has 9 heteroatoms. The van der Waals surface area contributed by atoms with Crippen molar-refractivity contribution in [3.05, 3.63) is 27.4 Å². The van der Waals surface area contributed by atoms with Crippen LogP contribution in [-0.2, 0) is 27.8 Å². The van der Waals surface area contributed by atoms with Crippen molar-refractivity contribution in [3.8, 4) is 0 Å². The fourth-order valence-electron chi connectivity index (χ4n) is 4.90. The van der Waals surface area contributed by atoms with Crippen molar-refractivity contribution in [2.24, 2.45) is 5.92 Å². The number of amides is 1. The second kappa shape index (κ2) is 8.18. The number of hydrogen-bond acceptors (Lipinski definition) is 5. The molecule has 3 heterocycles. The van der Waals surface area contributed by atoms with Crippen LogP contribution < -0.4 is 5.56 Å². The zero-order valence-electron chi connectivity index (χ0n) is 17.0. The van der Waals surface area contributed by atoms with Crippen LogP contribution in [0.1, 0.15) is 67.9 Å². The molecule has 0 unspecified atom stereocenters. The van der Waals surface area contributed by atoms with Crippen LogP contribution in [0.3, 0.4) is 0 Å². The first kappa shape index (κ1) is 20.5. The molecular formula is C20H30N4O4S. The molecule has 1 saturated carbocycles. The number of likely N-dealkylation sites (tertiary alicyclic amines) is 1. The SMILES string of the molecule is CS(=O)(=O)N1CCc2nc([C@@H]3CCCN(C(=O)C4CCCCC4)C3)[nH]c(=O)c2C1. The summed E-state index contributed by atoms with van der Waals surface area (Å²) in [6.07, 6.45) is 8.89. The number of fused-ring (bicyclic) bond motifs is 1. The third-order valence-electron chi connectivity index (χ3n) is 6.60. The molecule has 2 fully saturated rings. The molecule has 0 spiro atoms. The van der Waals surface area contributed by atoms with E-state index in [9.17, 15) is 18.0 Å². The highest BCUT2D eigenvalue weighted by Crippen LogP contribution is 2.30. The number of nitrogens with one attached hydrogen (secondary N) is 1. The average Bonchev–Trinajstić information content (AvgIpc) is 2.73. The highest BCUT2D eigenvalue weighted by atomic mass is 32.2. The van der Waals surface area contributed by atoms with Gasteiger partial charge in [-0.05, 0) is 25.7 Å². The normalized spacial score (nSPS) is 24.3. The summed E-state index contributed by atoms with van der Waals surface area (Å²) in [5.74, 6) is 1.09. The van der Waals surface area contributed by atoms with Crippen LogP contribution in [0.5, 0.6) is 0 Å². The van der Waals surface area contributed by atoms with Gasteiger partial charge in [-0.3, -0.25) is 9.59 Å². The summed E-state index contributed by atoms with van der Waals surface area (Å²) in [5.41, 5.74) is 0.879. The minimum absolute atomic E-state index is 0.0298. The van der Waals surface area contributed by atoms with E-state index in [1.54, 1.807) is 0 Å². The van der Waals surface area contributed by atoms with Crippen LogP contribution in [0.25, 0.3) is 0 Å². The number of rotatable bonds is 3. The van der Waals surface area contributed by atoms with Gasteiger partial charge in [-0.15, -0.1) is 0 Å². The van der Waals surface area contributed by atoms with Gasteiger partial charge in [0.15, 0.2) is 0 Å². The lowest BCUT2D eigenvalue weighted by Gasteiger charge is -2.36. The van der Waals surface area contributed by atoms with Gasteiger partial charge in [0.2, 0.25) is 15.9 Å². The maximum atomic E-state index is 12.9. The third kappa shape index (κ3) is 4.40. The molecule has 8 nitrogen and oxygen atoms in total. The van der Waals surface area contributed by atoms with E-state index in [0.29, 0.717) is 36.6 Å². The van der Waals surface area contributed by atoms with Gasteiger partial charge in [-0.2, -0.15) is 4.31 Å². The molecule has 4 rings (SSSR count). The van der Waals surface area contributed by atoms with Gasteiger partial charge in [0.25, 0.3) is 5.56 Å². The minimum Gasteiger partial charge on any atom is -0.342 e. The van der Waals surface area contributed by atoms with Crippen LogP contribution in [0, 0.1) is 5.92 Å². The molecule has 1 N–H and O–H groups in total. The summed E-state index contributed by atoms with van der Waals surface area (Å²) in [7, 11) is -3.33. The topological polar surface area (TPSA) is 103 Å². The van der Waals surface area contributed by atoms with Crippen molar-refractivity contribution in [1.82, 2.24) is 19.2 Å². The summed E-state index contributed by atoms with van der Waals surface area (Å²) in [6, 6.07) is 0. The number of sulfonamides is 1. The Morgan fingerprint density at radius 1 is 1.10 bits per heavy atom. The molecular weight excluding hydrogens is 392 g/mol. The van der Waals surface area contributed by atoms with Crippen molar-refractivity contribution in [1.29, 1.82) is 0 Å². The fourth-order valence-corrected chi connectivity index (χ4v) is 5.69. The van der Waals surface area contributed by atoms with Gasteiger partial charge in [-0.1, -0.05) is 19.3 Å². The van der Waals surface area contributed by atoms with E-state index in [1.165, 1.54) is 10.7 Å². The van der Waals surface area contributed by atoms with Gasteiger partial charge in [-0.25, -0.2) is 13.4 Å². The highest BCUT2D eigenvalue weighted by molar-refractivity contribution is 7.88. The molecule has 1 aliphatic carbocycles. The zero-order valence-corrected chi connectivity index (χ0v) is 17.8. The zero-order chi connectivity index (χ0) is 20.6. The molecule has 1 aromatic heterocycles. The number of piperidine rings is 1. The lowest BCUT2D eigenvalue weighted by atomic mass is 9.87. The quantitative estimate of drug-likeness (QED) is 0.792. The van der Waals surface area contributed by atoms with Gasteiger partial charge < -0.3 is 9.88 Å². The third-order valence-corrected chi connectivity index (χ3v) is 7.84. The van der Waals surface area contributed by atoms with E-state index >= 15 is 0 Å². The van der Waals surface area contributed by atoms with Crippen LogP contribution in [-0.4, -0.2) is 59.4 Å². The highest BCUT2D eigenvalue weighted by Gasteiger charge is 2.32. The first-order valence-electron chi connectivity index (χ1n) is 10.7. The Morgan fingerprint density at radius 3 is 2.59 bits per heavy atom. The number of H-pyrrole nitrogens is 1. The van der Waals surface area contributed by atoms with Gasteiger partial charge in [0.05, 0.1) is 17.5 Å². The Morgan fingerprint density at radius 2 is 1.86 bits per heavy atom. The standard InChI is InChI=1S/C20H30N4O4S/c1-29(27,28)24-11-9-17-16(13-24)19(25)22-18(21-17)15-8-5-10-23(12-15)20(26)14-6-3-2-4-7-14/h14-15H,2-13H2,1H3,(H,21,22,25)/t15-/m1/s1. The van der Waals surface area contributed by atoms with Crippen LogP contribution >= 0.6 is 0 Å². The maximum Gasteiger partial charge on any atom is 0.255 e. The molecule has 1 amide bonds. The molecule has 0 radical (unpaired) electrons. The minimum atomic E-state index is -3.33. The summed E-state index contributed by atoms with van der Waals surface area (Å²) in [6.45, 7) is 1.81. The van der Waals surface area contributed by atoms with Crippen LogP contribution in [0.15, 0.2) is 4.79 Å². The molecule has 1 atom stereocenters. The van der Waals surface area contributed by atoms with Crippen molar-refractivity contribution in [3.63, 3.8) is 0 Å². The van der Waals surface area contributed by atoms with E-state index in [1.807, 2.05) is 4.90 Å². The predicted molar refractivity (Wildman–Crippen MR) is 109 cm³/mol. The summed E-state index contributed by atoms with van der Waals surface area (Å²) < 4.78 is 24.9. The van der Waals surface area contributed by atoms with E-state index in [-0.39, 0.29) is 29.8 Å². The second-order valence-electron chi connectivity index (χ2n) is 8.68. The van der Waals surface area contributed by atoms with Crippen LogP contribution in [0.4, 0.5) is 0 Å². The van der Waals surface area contributed by atoms with Gasteiger partial charge >= 0.3 is 0 Å². The summed E-state index contributed by atoms with van der Waals surface area (Å²) >= 11 is 0. The Hall–Kier alpha value is -1.74. The second-order valence-corrected chi connectivity index (χ2v) is 10.7. The summed E-state index contributed by atoms with van der Waals surface area (Å²) in [5, 5.41) is 0. The molecule has 3 aliphatic rings. The molecule has 1 aromatic rings. The Bertz CT molecular complexity index is 936. The largest absolute Gasteiger partial charge is 0.342 e. The van der Waals surface area contributed by atoms with Crippen molar-refractivity contribution in [2.45, 2.75) is 63.8 Å². The van der Waals surface area contributed by atoms with Crippen LogP contribution in [0.2, 0.25) is 0 Å². The first-order chi connectivity index (χ1) is 13.8. The summed E-state index contributed by atoms with van der Waals surface area (Å²) in [4.78, 5) is 35.2. The Kier molecular flexibility index (Phi) is 5.79. The number of nitrogens with zero attached hydrogens (tertiary/aromatic N) is 3. The number of aromatic nitrogens is 2. The first-order valence-corrected chi connectivity index (χ1v) is 12.5. The fraction of sp³-hybridized carbons (Fsp3) is 0.750. The molecule has 1 saturated heterocycles. The van der Waals surface area contributed by atoms with Gasteiger partial charge in [0, 0.05) is 44.4 Å². The molecule has 0 aromatic carbocycles. The Labute approximate surface area is 171 Å². The number of carbonyl (C=O) groups excluding carboxylic acids is 1. The maximum absolute atomic E-state index is 12.9. The van der Waals surface area contributed by atoms with E-state index in [0.717, 1.165) is 51.3 Å². The smallest absolute Gasteiger partial charge is 0.255 e. The molecule has 29 heavy (non-hydrogen) atoms. The van der Waals surface area contributed by atoms with Crippen molar-refractivity contribution >= 4 is 15.9 Å².